The van der Waals surface area contributed by atoms with Gasteiger partial charge in [0.2, 0.25) is 0 Å². The SMILES string of the molecule is N#Cc1ccc(OC(=O)/C=C/c2ccc([N+](=O)[O-])cc2)cc1. The van der Waals surface area contributed by atoms with Crippen molar-refractivity contribution >= 4 is 17.7 Å². The maximum Gasteiger partial charge on any atom is 0.336 e. The van der Waals surface area contributed by atoms with E-state index in [-0.39, 0.29) is 5.69 Å². The first-order valence-corrected chi connectivity index (χ1v) is 6.23. The van der Waals surface area contributed by atoms with Crippen LogP contribution in [0.1, 0.15) is 11.1 Å². The van der Waals surface area contributed by atoms with Gasteiger partial charge < -0.3 is 4.74 Å². The molecule has 0 radical (unpaired) electrons. The van der Waals surface area contributed by atoms with Crippen LogP contribution in [0.3, 0.4) is 0 Å². The number of non-ortho nitro benzene ring substituents is 1. The van der Waals surface area contributed by atoms with Gasteiger partial charge in [0.05, 0.1) is 16.6 Å². The molecule has 2 aromatic carbocycles. The Kier molecular flexibility index (Phi) is 4.63. The first-order chi connectivity index (χ1) is 10.6. The Balaban J connectivity index is 1.98. The van der Waals surface area contributed by atoms with E-state index in [1.807, 2.05) is 6.07 Å². The normalized spacial score (nSPS) is 10.1. The second kappa shape index (κ2) is 6.81. The minimum atomic E-state index is -0.580. The lowest BCUT2D eigenvalue weighted by Gasteiger charge is -2.00. The minimum Gasteiger partial charge on any atom is -0.423 e. The van der Waals surface area contributed by atoms with Crippen molar-refractivity contribution < 1.29 is 14.5 Å². The molecule has 0 aliphatic heterocycles. The minimum absolute atomic E-state index is 0.0164. The topological polar surface area (TPSA) is 93.2 Å². The highest BCUT2D eigenvalue weighted by Crippen LogP contribution is 2.14. The van der Waals surface area contributed by atoms with E-state index in [0.29, 0.717) is 16.9 Å². The van der Waals surface area contributed by atoms with Crippen molar-refractivity contribution in [2.24, 2.45) is 0 Å². The van der Waals surface area contributed by atoms with Crippen molar-refractivity contribution in [1.82, 2.24) is 0 Å². The predicted molar refractivity (Wildman–Crippen MR) is 78.9 cm³/mol. The highest BCUT2D eigenvalue weighted by Gasteiger charge is 2.03. The number of nitro groups is 1. The molecule has 0 bridgehead atoms. The largest absolute Gasteiger partial charge is 0.423 e. The molecule has 0 unspecified atom stereocenters. The Morgan fingerprint density at radius 3 is 2.32 bits per heavy atom. The van der Waals surface area contributed by atoms with Gasteiger partial charge in [-0.3, -0.25) is 10.1 Å². The Bertz CT molecular complexity index is 756. The van der Waals surface area contributed by atoms with Gasteiger partial charge in [0.15, 0.2) is 0 Å². The van der Waals surface area contributed by atoms with Crippen LogP contribution in [0.2, 0.25) is 0 Å². The van der Waals surface area contributed by atoms with Gasteiger partial charge >= 0.3 is 5.97 Å². The fraction of sp³-hybridized carbons (Fsp3) is 0. The molecule has 2 aromatic rings. The van der Waals surface area contributed by atoms with Crippen molar-refractivity contribution in [3.63, 3.8) is 0 Å². The van der Waals surface area contributed by atoms with Gasteiger partial charge in [0.1, 0.15) is 5.75 Å². The lowest BCUT2D eigenvalue weighted by Crippen LogP contribution is -2.03. The van der Waals surface area contributed by atoms with Gasteiger partial charge in [0, 0.05) is 18.2 Å². The summed E-state index contributed by atoms with van der Waals surface area (Å²) in [5, 5.41) is 19.2. The van der Waals surface area contributed by atoms with Crippen LogP contribution < -0.4 is 4.74 Å². The summed E-state index contributed by atoms with van der Waals surface area (Å²) < 4.78 is 5.05. The van der Waals surface area contributed by atoms with Crippen molar-refractivity contribution in [3.05, 3.63) is 75.8 Å². The molecule has 0 N–H and O–H groups in total. The lowest BCUT2D eigenvalue weighted by molar-refractivity contribution is -0.384. The number of hydrogen-bond acceptors (Lipinski definition) is 5. The fourth-order valence-corrected chi connectivity index (χ4v) is 1.62. The molecule has 0 aromatic heterocycles. The molecule has 6 nitrogen and oxygen atoms in total. The van der Waals surface area contributed by atoms with Crippen molar-refractivity contribution in [2.45, 2.75) is 0 Å². The molecular formula is C16H10N2O4. The van der Waals surface area contributed by atoms with E-state index in [2.05, 4.69) is 0 Å². The first-order valence-electron chi connectivity index (χ1n) is 6.23. The summed E-state index contributed by atoms with van der Waals surface area (Å²) in [5.74, 6) is -0.250. The number of hydrogen-bond donors (Lipinski definition) is 0. The van der Waals surface area contributed by atoms with Crippen LogP contribution in [0.25, 0.3) is 6.08 Å². The number of nitro benzene ring substituents is 1. The maximum atomic E-state index is 11.6. The van der Waals surface area contributed by atoms with E-state index in [1.54, 1.807) is 12.1 Å². The molecule has 0 atom stereocenters. The molecule has 0 fully saturated rings. The number of esters is 1. The zero-order chi connectivity index (χ0) is 15.9. The van der Waals surface area contributed by atoms with E-state index < -0.39 is 10.9 Å². The summed E-state index contributed by atoms with van der Waals surface area (Å²) in [7, 11) is 0. The summed E-state index contributed by atoms with van der Waals surface area (Å²) in [4.78, 5) is 21.7. The molecule has 2 rings (SSSR count). The quantitative estimate of drug-likeness (QED) is 0.284. The number of nitriles is 1. The first kappa shape index (κ1) is 14.9. The average molecular weight is 294 g/mol. The van der Waals surface area contributed by atoms with Gasteiger partial charge in [0.25, 0.3) is 5.69 Å². The second-order valence-corrected chi connectivity index (χ2v) is 4.24. The molecule has 22 heavy (non-hydrogen) atoms. The third-order valence-electron chi connectivity index (χ3n) is 2.72. The number of rotatable bonds is 4. The number of carbonyl (C=O) groups is 1. The predicted octanol–water partition coefficient (Wildman–Crippen LogP) is 3.09. The van der Waals surface area contributed by atoms with E-state index in [0.717, 1.165) is 0 Å². The summed E-state index contributed by atoms with van der Waals surface area (Å²) >= 11 is 0. The third kappa shape index (κ3) is 4.02. The lowest BCUT2D eigenvalue weighted by atomic mass is 10.2. The number of ether oxygens (including phenoxy) is 1. The van der Waals surface area contributed by atoms with E-state index in [9.17, 15) is 14.9 Å². The summed E-state index contributed by atoms with van der Waals surface area (Å²) in [6.07, 6.45) is 2.72. The molecule has 6 heteroatoms. The Morgan fingerprint density at radius 1 is 1.14 bits per heavy atom. The zero-order valence-electron chi connectivity index (χ0n) is 11.3. The van der Waals surface area contributed by atoms with Crippen LogP contribution in [0.5, 0.6) is 5.75 Å². The summed E-state index contributed by atoms with van der Waals surface area (Å²) in [6, 6.07) is 13.9. The van der Waals surface area contributed by atoms with E-state index in [1.165, 1.54) is 48.6 Å². The van der Waals surface area contributed by atoms with Crippen LogP contribution in [0.4, 0.5) is 5.69 Å². The molecule has 0 spiro atoms. The number of carbonyl (C=O) groups excluding carboxylic acids is 1. The van der Waals surface area contributed by atoms with Gasteiger partial charge in [-0.05, 0) is 48.0 Å². The molecule has 0 aliphatic rings. The molecule has 0 saturated heterocycles. The molecule has 108 valence electrons. The fourth-order valence-electron chi connectivity index (χ4n) is 1.62. The number of benzene rings is 2. The van der Waals surface area contributed by atoms with Gasteiger partial charge in [-0.1, -0.05) is 0 Å². The van der Waals surface area contributed by atoms with Crippen LogP contribution in [-0.2, 0) is 4.79 Å². The van der Waals surface area contributed by atoms with Crippen LogP contribution >= 0.6 is 0 Å². The molecular weight excluding hydrogens is 284 g/mol. The average Bonchev–Trinajstić information content (AvgIpc) is 2.54. The van der Waals surface area contributed by atoms with Crippen LogP contribution in [-0.4, -0.2) is 10.9 Å². The van der Waals surface area contributed by atoms with Crippen LogP contribution in [0.15, 0.2) is 54.6 Å². The molecule has 0 heterocycles. The Hall–Kier alpha value is -3.46. The van der Waals surface area contributed by atoms with E-state index in [4.69, 9.17) is 10.00 Å². The summed E-state index contributed by atoms with van der Waals surface area (Å²) in [5.41, 5.74) is 1.10. The van der Waals surface area contributed by atoms with Crippen molar-refractivity contribution in [1.29, 1.82) is 5.26 Å². The Labute approximate surface area is 126 Å². The molecule has 0 saturated carbocycles. The maximum absolute atomic E-state index is 11.6. The standard InChI is InChI=1S/C16H10N2O4/c17-11-13-3-8-15(9-4-13)22-16(19)10-5-12-1-6-14(7-2-12)18(20)21/h1-10H/b10-5+. The molecule has 0 aliphatic carbocycles. The van der Waals surface area contributed by atoms with E-state index >= 15 is 0 Å². The van der Waals surface area contributed by atoms with Gasteiger partial charge in [-0.25, -0.2) is 4.79 Å². The highest BCUT2D eigenvalue weighted by atomic mass is 16.6. The Morgan fingerprint density at radius 2 is 1.77 bits per heavy atom. The highest BCUT2D eigenvalue weighted by molar-refractivity contribution is 5.88. The second-order valence-electron chi connectivity index (χ2n) is 4.24. The van der Waals surface area contributed by atoms with Crippen LogP contribution in [0, 0.1) is 21.4 Å². The van der Waals surface area contributed by atoms with Crippen molar-refractivity contribution in [3.8, 4) is 11.8 Å². The zero-order valence-corrected chi connectivity index (χ0v) is 11.3. The summed E-state index contributed by atoms with van der Waals surface area (Å²) in [6.45, 7) is 0. The molecule has 0 amide bonds. The monoisotopic (exact) mass is 294 g/mol. The van der Waals surface area contributed by atoms with Gasteiger partial charge in [-0.2, -0.15) is 5.26 Å². The smallest absolute Gasteiger partial charge is 0.336 e. The van der Waals surface area contributed by atoms with Crippen molar-refractivity contribution in [2.75, 3.05) is 0 Å². The third-order valence-corrected chi connectivity index (χ3v) is 2.72. The number of nitrogens with zero attached hydrogens (tertiary/aromatic N) is 2. The van der Waals surface area contributed by atoms with Gasteiger partial charge in [-0.15, -0.1) is 0 Å².